The Labute approximate surface area is 145 Å². The first kappa shape index (κ1) is 15.6. The number of hydrogen-bond donors (Lipinski definition) is 0. The van der Waals surface area contributed by atoms with Crippen LogP contribution in [0.4, 0.5) is 0 Å². The highest BCUT2D eigenvalue weighted by atomic mass is 16.7. The summed E-state index contributed by atoms with van der Waals surface area (Å²) in [6, 6.07) is 0. The Hall–Kier alpha value is -0.670. The van der Waals surface area contributed by atoms with Crippen LogP contribution in [0.25, 0.3) is 0 Å². The number of fused-ring (bicyclic) bond motifs is 5. The van der Waals surface area contributed by atoms with Crippen molar-refractivity contribution in [1.82, 2.24) is 0 Å². The first-order valence-corrected chi connectivity index (χ1v) is 9.98. The number of Topliss-reactive ketones (excluding diaryl/α,β-unsaturated/α-hetero) is 1. The van der Waals surface area contributed by atoms with Gasteiger partial charge in [-0.05, 0) is 55.3 Å². The van der Waals surface area contributed by atoms with E-state index in [9.17, 15) is 4.79 Å². The molecule has 0 N–H and O–H groups in total. The Morgan fingerprint density at radius 2 is 1.75 bits per heavy atom. The van der Waals surface area contributed by atoms with Crippen LogP contribution in [0.2, 0.25) is 0 Å². The molecule has 0 aromatic heterocycles. The lowest BCUT2D eigenvalue weighted by atomic mass is 9.48. The topological polar surface area (TPSA) is 35.5 Å². The minimum atomic E-state index is -0.315. The van der Waals surface area contributed by atoms with Crippen molar-refractivity contribution in [2.45, 2.75) is 71.0 Å². The molecule has 0 bridgehead atoms. The summed E-state index contributed by atoms with van der Waals surface area (Å²) in [5, 5.41) is 0. The third-order valence-corrected chi connectivity index (χ3v) is 8.63. The van der Waals surface area contributed by atoms with E-state index in [1.54, 1.807) is 5.57 Å². The van der Waals surface area contributed by atoms with Gasteiger partial charge in [0.25, 0.3) is 0 Å². The van der Waals surface area contributed by atoms with Gasteiger partial charge in [-0.25, -0.2) is 0 Å². The molecular weight excluding hydrogens is 300 g/mol. The zero-order chi connectivity index (χ0) is 16.6. The van der Waals surface area contributed by atoms with Crippen molar-refractivity contribution in [3.63, 3.8) is 0 Å². The predicted octanol–water partition coefficient (Wildman–Crippen LogP) is 4.26. The first-order chi connectivity index (χ1) is 11.5. The summed E-state index contributed by atoms with van der Waals surface area (Å²) in [4.78, 5) is 12.5. The van der Waals surface area contributed by atoms with Crippen LogP contribution in [0.1, 0.15) is 65.2 Å². The van der Waals surface area contributed by atoms with Gasteiger partial charge < -0.3 is 9.47 Å². The Bertz CT molecular complexity index is 602. The molecule has 1 spiro atoms. The van der Waals surface area contributed by atoms with Gasteiger partial charge in [0.05, 0.1) is 13.2 Å². The molecular formula is C21H30O3. The molecule has 0 radical (unpaired) electrons. The van der Waals surface area contributed by atoms with Gasteiger partial charge in [-0.3, -0.25) is 4.79 Å². The number of ketones is 1. The maximum absolute atomic E-state index is 12.5. The fourth-order valence-corrected chi connectivity index (χ4v) is 7.12. The van der Waals surface area contributed by atoms with Crippen LogP contribution in [0, 0.1) is 28.6 Å². The van der Waals surface area contributed by atoms with Gasteiger partial charge in [0, 0.05) is 24.7 Å². The summed E-state index contributed by atoms with van der Waals surface area (Å²) in [6.45, 7) is 6.26. The second-order valence-corrected chi connectivity index (χ2v) is 9.46. The van der Waals surface area contributed by atoms with E-state index in [1.165, 1.54) is 19.3 Å². The number of allylic oxidation sites excluding steroid dienone is 1. The van der Waals surface area contributed by atoms with Crippen molar-refractivity contribution in [3.05, 3.63) is 11.6 Å². The summed E-state index contributed by atoms with van der Waals surface area (Å²) in [7, 11) is 0. The molecule has 0 aromatic rings. The highest BCUT2D eigenvalue weighted by molar-refractivity contribution is 5.87. The molecule has 0 amide bonds. The highest BCUT2D eigenvalue weighted by Crippen LogP contribution is 2.65. The molecule has 1 saturated heterocycles. The number of hydrogen-bond acceptors (Lipinski definition) is 3. The van der Waals surface area contributed by atoms with Gasteiger partial charge in [-0.1, -0.05) is 25.5 Å². The molecule has 4 aliphatic carbocycles. The smallest absolute Gasteiger partial charge is 0.172 e. The molecule has 24 heavy (non-hydrogen) atoms. The van der Waals surface area contributed by atoms with Crippen molar-refractivity contribution >= 4 is 5.78 Å². The van der Waals surface area contributed by atoms with Gasteiger partial charge in [0.1, 0.15) is 5.78 Å². The Kier molecular flexibility index (Phi) is 3.21. The van der Waals surface area contributed by atoms with E-state index >= 15 is 0 Å². The van der Waals surface area contributed by atoms with Crippen molar-refractivity contribution in [1.29, 1.82) is 0 Å². The molecule has 1 aliphatic heterocycles. The SMILES string of the molecule is C[C@]12CCC3(CC1=CC[C@@H]1[C@H]2CC[C@]2(C)C(=O)CC[C@H]12)OCCO3. The monoisotopic (exact) mass is 330 g/mol. The molecule has 0 aromatic carbocycles. The molecule has 4 fully saturated rings. The summed E-state index contributed by atoms with van der Waals surface area (Å²) in [5.41, 5.74) is 1.87. The number of carbonyl (C=O) groups is 1. The summed E-state index contributed by atoms with van der Waals surface area (Å²) in [5.74, 6) is 2.31. The van der Waals surface area contributed by atoms with Crippen LogP contribution in [-0.2, 0) is 14.3 Å². The minimum absolute atomic E-state index is 0.0174. The van der Waals surface area contributed by atoms with Gasteiger partial charge in [0.2, 0.25) is 0 Å². The van der Waals surface area contributed by atoms with E-state index in [2.05, 4.69) is 19.9 Å². The van der Waals surface area contributed by atoms with E-state index in [1.807, 2.05) is 0 Å². The Morgan fingerprint density at radius 1 is 1.00 bits per heavy atom. The van der Waals surface area contributed by atoms with Crippen molar-refractivity contribution in [2.24, 2.45) is 28.6 Å². The van der Waals surface area contributed by atoms with E-state index in [0.29, 0.717) is 23.0 Å². The zero-order valence-corrected chi connectivity index (χ0v) is 15.1. The van der Waals surface area contributed by atoms with Crippen LogP contribution in [0.15, 0.2) is 11.6 Å². The minimum Gasteiger partial charge on any atom is -0.347 e. The molecule has 5 aliphatic rings. The summed E-state index contributed by atoms with van der Waals surface area (Å²) in [6.07, 6.45) is 11.1. The standard InChI is InChI=1S/C21H30O3/c1-19-9-10-21(23-11-12-24-21)13-14(19)3-4-15-16-5-6-18(22)20(16,2)8-7-17(15)19/h3,15-17H,4-13H2,1-2H3/t15-,16+,17+,19-,20-/m0/s1. The average Bonchev–Trinajstić information content (AvgIpc) is 3.14. The second kappa shape index (κ2) is 4.94. The molecule has 5 rings (SSSR count). The first-order valence-electron chi connectivity index (χ1n) is 9.98. The molecule has 0 unspecified atom stereocenters. The second-order valence-electron chi connectivity index (χ2n) is 9.46. The quantitative estimate of drug-likeness (QED) is 0.623. The molecule has 1 heterocycles. The van der Waals surface area contributed by atoms with Crippen molar-refractivity contribution in [3.8, 4) is 0 Å². The lowest BCUT2D eigenvalue weighted by Crippen LogP contribution is -2.52. The normalized spacial score (nSPS) is 49.5. The van der Waals surface area contributed by atoms with E-state index in [0.717, 1.165) is 51.2 Å². The third kappa shape index (κ3) is 1.89. The van der Waals surface area contributed by atoms with Gasteiger partial charge in [-0.2, -0.15) is 0 Å². The number of rotatable bonds is 0. The fourth-order valence-electron chi connectivity index (χ4n) is 7.12. The van der Waals surface area contributed by atoms with Crippen LogP contribution < -0.4 is 0 Å². The number of ether oxygens (including phenoxy) is 2. The van der Waals surface area contributed by atoms with Gasteiger partial charge in [0.15, 0.2) is 5.79 Å². The third-order valence-electron chi connectivity index (χ3n) is 8.63. The van der Waals surface area contributed by atoms with E-state index in [-0.39, 0.29) is 11.2 Å². The van der Waals surface area contributed by atoms with Crippen LogP contribution >= 0.6 is 0 Å². The Morgan fingerprint density at radius 3 is 2.54 bits per heavy atom. The van der Waals surface area contributed by atoms with Gasteiger partial charge in [-0.15, -0.1) is 0 Å². The van der Waals surface area contributed by atoms with Crippen LogP contribution in [0.5, 0.6) is 0 Å². The largest absolute Gasteiger partial charge is 0.347 e. The maximum Gasteiger partial charge on any atom is 0.172 e. The van der Waals surface area contributed by atoms with Crippen molar-refractivity contribution in [2.75, 3.05) is 13.2 Å². The predicted molar refractivity (Wildman–Crippen MR) is 91.3 cm³/mol. The van der Waals surface area contributed by atoms with Crippen molar-refractivity contribution < 1.29 is 14.3 Å². The number of carbonyl (C=O) groups excluding carboxylic acids is 1. The van der Waals surface area contributed by atoms with Gasteiger partial charge >= 0.3 is 0 Å². The van der Waals surface area contributed by atoms with Crippen LogP contribution in [0.3, 0.4) is 0 Å². The lowest BCUT2D eigenvalue weighted by molar-refractivity contribution is -0.185. The van der Waals surface area contributed by atoms with Crippen LogP contribution in [-0.4, -0.2) is 24.8 Å². The molecule has 3 saturated carbocycles. The average molecular weight is 330 g/mol. The highest BCUT2D eigenvalue weighted by Gasteiger charge is 2.60. The molecule has 3 nitrogen and oxygen atoms in total. The molecule has 5 atom stereocenters. The molecule has 132 valence electrons. The molecule has 3 heteroatoms. The fraction of sp³-hybridized carbons (Fsp3) is 0.857. The lowest BCUT2D eigenvalue weighted by Gasteiger charge is -2.57. The summed E-state index contributed by atoms with van der Waals surface area (Å²) < 4.78 is 12.0. The van der Waals surface area contributed by atoms with E-state index < -0.39 is 0 Å². The summed E-state index contributed by atoms with van der Waals surface area (Å²) >= 11 is 0. The maximum atomic E-state index is 12.5. The zero-order valence-electron chi connectivity index (χ0n) is 15.1. The van der Waals surface area contributed by atoms with E-state index in [4.69, 9.17) is 9.47 Å². The Balaban J connectivity index is 1.47.